The molecule has 0 unspecified atom stereocenters. The van der Waals surface area contributed by atoms with Gasteiger partial charge in [0.2, 0.25) is 0 Å². The molecule has 0 fully saturated rings. The predicted molar refractivity (Wildman–Crippen MR) is 134 cm³/mol. The maximum Gasteiger partial charge on any atom is 0.329 e. The first-order valence-corrected chi connectivity index (χ1v) is 10.9. The fraction of sp³-hybridized carbons (Fsp3) is 0.154. The summed E-state index contributed by atoms with van der Waals surface area (Å²) in [6, 6.07) is 21.0. The summed E-state index contributed by atoms with van der Waals surface area (Å²) in [5.74, 6) is -1.12. The van der Waals surface area contributed by atoms with Gasteiger partial charge >= 0.3 is 11.8 Å². The summed E-state index contributed by atoms with van der Waals surface area (Å²) in [6.45, 7) is 1.78. The van der Waals surface area contributed by atoms with Crippen LogP contribution < -0.4 is 25.5 Å². The predicted octanol–water partition coefficient (Wildman–Crippen LogP) is 3.36. The number of methoxy groups -OCH3 is 1. The van der Waals surface area contributed by atoms with E-state index in [0.717, 1.165) is 12.0 Å². The molecule has 0 aliphatic rings. The van der Waals surface area contributed by atoms with Crippen LogP contribution in [0.4, 0.5) is 11.4 Å². The average Bonchev–Trinajstić information content (AvgIpc) is 2.88. The van der Waals surface area contributed by atoms with E-state index in [4.69, 9.17) is 9.47 Å². The van der Waals surface area contributed by atoms with Crippen LogP contribution in [0.5, 0.6) is 11.5 Å². The summed E-state index contributed by atoms with van der Waals surface area (Å²) < 4.78 is 10.7. The Hall–Kier alpha value is -4.66. The van der Waals surface area contributed by atoms with Crippen LogP contribution in [0.15, 0.2) is 77.9 Å². The topological polar surface area (TPSA) is 118 Å². The Morgan fingerprint density at radius 2 is 1.66 bits per heavy atom. The molecule has 3 aromatic carbocycles. The average molecular weight is 475 g/mol. The highest BCUT2D eigenvalue weighted by Crippen LogP contribution is 2.18. The summed E-state index contributed by atoms with van der Waals surface area (Å²) >= 11 is 0. The molecule has 0 spiro atoms. The second-order valence-electron chi connectivity index (χ2n) is 7.31. The van der Waals surface area contributed by atoms with Crippen LogP contribution in [0, 0.1) is 0 Å². The number of carbonyl (C=O) groups excluding carboxylic acids is 3. The summed E-state index contributed by atoms with van der Waals surface area (Å²) in [5.41, 5.74) is 4.90. The minimum atomic E-state index is -0.920. The van der Waals surface area contributed by atoms with Crippen molar-refractivity contribution in [3.63, 3.8) is 0 Å². The van der Waals surface area contributed by atoms with Gasteiger partial charge in [0.1, 0.15) is 11.5 Å². The number of hydrazone groups is 1. The number of anilines is 2. The lowest BCUT2D eigenvalue weighted by molar-refractivity contribution is -0.136. The van der Waals surface area contributed by atoms with Crippen molar-refractivity contribution in [3.8, 4) is 11.5 Å². The van der Waals surface area contributed by atoms with Gasteiger partial charge in [0, 0.05) is 23.0 Å². The molecule has 0 bridgehead atoms. The molecule has 0 saturated heterocycles. The largest absolute Gasteiger partial charge is 0.497 e. The number of para-hydroxylation sites is 1. The molecule has 0 saturated carbocycles. The molecule has 9 heteroatoms. The molecule has 0 atom stereocenters. The second-order valence-corrected chi connectivity index (χ2v) is 7.31. The highest BCUT2D eigenvalue weighted by Gasteiger charge is 2.13. The molecule has 3 aromatic rings. The molecular weight excluding hydrogens is 448 g/mol. The van der Waals surface area contributed by atoms with E-state index < -0.39 is 11.8 Å². The van der Waals surface area contributed by atoms with Crippen LogP contribution in [0.25, 0.3) is 0 Å². The summed E-state index contributed by atoms with van der Waals surface area (Å²) in [6.07, 6.45) is 2.21. The number of amides is 3. The quantitative estimate of drug-likeness (QED) is 0.250. The molecule has 3 rings (SSSR count). The maximum atomic E-state index is 12.2. The first-order valence-electron chi connectivity index (χ1n) is 10.9. The normalized spacial score (nSPS) is 10.5. The Morgan fingerprint density at radius 1 is 0.886 bits per heavy atom. The van der Waals surface area contributed by atoms with E-state index in [1.165, 1.54) is 6.21 Å². The number of rotatable bonds is 9. The fourth-order valence-corrected chi connectivity index (χ4v) is 2.98. The minimum Gasteiger partial charge on any atom is -0.497 e. The molecule has 0 radical (unpaired) electrons. The van der Waals surface area contributed by atoms with E-state index >= 15 is 0 Å². The third kappa shape index (κ3) is 7.71. The number of nitrogens with zero attached hydrogens (tertiary/aromatic N) is 1. The molecule has 9 nitrogen and oxygen atoms in total. The Balaban J connectivity index is 1.52. The molecule has 0 aromatic heterocycles. The number of ether oxygens (including phenoxy) is 2. The van der Waals surface area contributed by atoms with Gasteiger partial charge in [-0.2, -0.15) is 5.10 Å². The second kappa shape index (κ2) is 12.5. The van der Waals surface area contributed by atoms with Gasteiger partial charge in [-0.25, -0.2) is 5.43 Å². The maximum absolute atomic E-state index is 12.2. The monoisotopic (exact) mass is 474 g/mol. The Labute approximate surface area is 203 Å². The Bertz CT molecular complexity index is 1210. The van der Waals surface area contributed by atoms with E-state index in [2.05, 4.69) is 21.2 Å². The van der Waals surface area contributed by atoms with Gasteiger partial charge in [0.05, 0.1) is 13.3 Å². The smallest absolute Gasteiger partial charge is 0.329 e. The number of aryl methyl sites for hydroxylation is 1. The number of hydrogen-bond donors (Lipinski definition) is 3. The van der Waals surface area contributed by atoms with Crippen molar-refractivity contribution in [1.29, 1.82) is 0 Å². The Kier molecular flexibility index (Phi) is 8.95. The molecule has 3 N–H and O–H groups in total. The fourth-order valence-electron chi connectivity index (χ4n) is 2.98. The van der Waals surface area contributed by atoms with Crippen LogP contribution in [0.3, 0.4) is 0 Å². The van der Waals surface area contributed by atoms with Crippen LogP contribution in [-0.4, -0.2) is 37.7 Å². The zero-order valence-corrected chi connectivity index (χ0v) is 19.4. The van der Waals surface area contributed by atoms with Crippen molar-refractivity contribution in [2.24, 2.45) is 5.10 Å². The number of benzene rings is 3. The number of hydrogen-bond acceptors (Lipinski definition) is 6. The van der Waals surface area contributed by atoms with Crippen LogP contribution >= 0.6 is 0 Å². The van der Waals surface area contributed by atoms with Gasteiger partial charge in [0.15, 0.2) is 6.61 Å². The standard InChI is InChI=1S/C26H26N4O5/c1-3-18-11-13-20(14-12-18)29-25(32)26(33)30-27-16-19-7-4-5-10-23(19)35-17-24(31)28-21-8-6-9-22(15-21)34-2/h4-16H,3,17H2,1-2H3,(H,28,31)(H,29,32)(H,30,33)/b27-16-. The van der Waals surface area contributed by atoms with Gasteiger partial charge < -0.3 is 20.1 Å². The third-order valence-corrected chi connectivity index (χ3v) is 4.83. The van der Waals surface area contributed by atoms with Crippen molar-refractivity contribution in [3.05, 3.63) is 83.9 Å². The zero-order chi connectivity index (χ0) is 25.0. The lowest BCUT2D eigenvalue weighted by Gasteiger charge is -2.10. The van der Waals surface area contributed by atoms with E-state index in [1.54, 1.807) is 67.8 Å². The third-order valence-electron chi connectivity index (χ3n) is 4.83. The van der Waals surface area contributed by atoms with Gasteiger partial charge in [-0.1, -0.05) is 37.3 Å². The molecule has 180 valence electrons. The van der Waals surface area contributed by atoms with Gasteiger partial charge in [-0.15, -0.1) is 0 Å². The van der Waals surface area contributed by atoms with E-state index in [-0.39, 0.29) is 12.5 Å². The Morgan fingerprint density at radius 3 is 2.40 bits per heavy atom. The number of nitrogens with one attached hydrogen (secondary N) is 3. The molecule has 3 amide bonds. The summed E-state index contributed by atoms with van der Waals surface area (Å²) in [4.78, 5) is 36.4. The zero-order valence-electron chi connectivity index (χ0n) is 19.4. The minimum absolute atomic E-state index is 0.242. The summed E-state index contributed by atoms with van der Waals surface area (Å²) in [5, 5.41) is 9.06. The molecule has 0 heterocycles. The van der Waals surface area contributed by atoms with Crippen LogP contribution in [-0.2, 0) is 20.8 Å². The van der Waals surface area contributed by atoms with Gasteiger partial charge in [-0.05, 0) is 48.4 Å². The van der Waals surface area contributed by atoms with Crippen molar-refractivity contribution < 1.29 is 23.9 Å². The van der Waals surface area contributed by atoms with E-state index in [0.29, 0.717) is 28.4 Å². The highest BCUT2D eigenvalue weighted by atomic mass is 16.5. The van der Waals surface area contributed by atoms with Gasteiger partial charge in [-0.3, -0.25) is 14.4 Å². The molecular formula is C26H26N4O5. The van der Waals surface area contributed by atoms with E-state index in [1.807, 2.05) is 19.1 Å². The first kappa shape index (κ1) is 25.0. The van der Waals surface area contributed by atoms with Crippen LogP contribution in [0.1, 0.15) is 18.1 Å². The molecule has 0 aliphatic carbocycles. The number of carbonyl (C=O) groups is 3. The molecule has 35 heavy (non-hydrogen) atoms. The lowest BCUT2D eigenvalue weighted by atomic mass is 10.1. The summed E-state index contributed by atoms with van der Waals surface area (Å²) in [7, 11) is 1.54. The SMILES string of the molecule is CCc1ccc(NC(=O)C(=O)N/N=C\c2ccccc2OCC(=O)Nc2cccc(OC)c2)cc1. The first-order chi connectivity index (χ1) is 17.0. The van der Waals surface area contributed by atoms with Gasteiger partial charge in [0.25, 0.3) is 5.91 Å². The molecule has 0 aliphatic heterocycles. The highest BCUT2D eigenvalue weighted by molar-refractivity contribution is 6.39. The van der Waals surface area contributed by atoms with Crippen LogP contribution in [0.2, 0.25) is 0 Å². The van der Waals surface area contributed by atoms with Crippen molar-refractivity contribution in [2.45, 2.75) is 13.3 Å². The van der Waals surface area contributed by atoms with Crippen molar-refractivity contribution in [1.82, 2.24) is 5.43 Å². The van der Waals surface area contributed by atoms with E-state index in [9.17, 15) is 14.4 Å². The van der Waals surface area contributed by atoms with Crippen molar-refractivity contribution in [2.75, 3.05) is 24.4 Å². The lowest BCUT2D eigenvalue weighted by Crippen LogP contribution is -2.32. The van der Waals surface area contributed by atoms with Crippen molar-refractivity contribution >= 4 is 35.3 Å².